The zero-order valence-corrected chi connectivity index (χ0v) is 19.4. The molecule has 3 heterocycles. The van der Waals surface area contributed by atoms with Gasteiger partial charge in [0, 0.05) is 5.92 Å². The van der Waals surface area contributed by atoms with E-state index in [-0.39, 0.29) is 11.5 Å². The standard InChI is InChI=1S/C20H25Cl2N5OS/c1-5-12-14-18(28)25-16(13-15(21)29-19(22)24-13)26-27(14)17(23-12)10-6-8-11(9-7-10)20(2,3)4/h10-11H,5-9H2,1-4H3,(H,25,26,28)/t10-,11+. The number of hydrogen-bond acceptors (Lipinski definition) is 5. The van der Waals surface area contributed by atoms with E-state index in [2.05, 4.69) is 30.7 Å². The van der Waals surface area contributed by atoms with Crippen LogP contribution in [0.1, 0.15) is 70.8 Å². The fourth-order valence-electron chi connectivity index (χ4n) is 4.35. The molecule has 4 rings (SSSR count). The summed E-state index contributed by atoms with van der Waals surface area (Å²) in [5.74, 6) is 2.19. The Labute approximate surface area is 183 Å². The number of H-pyrrole nitrogens is 1. The molecule has 0 amide bonds. The van der Waals surface area contributed by atoms with E-state index in [0.29, 0.717) is 43.6 Å². The highest BCUT2D eigenvalue weighted by Crippen LogP contribution is 2.43. The van der Waals surface area contributed by atoms with Gasteiger partial charge in [-0.25, -0.2) is 14.5 Å². The number of thiazole rings is 1. The molecule has 1 fully saturated rings. The summed E-state index contributed by atoms with van der Waals surface area (Å²) < 4.78 is 2.44. The third-order valence-corrected chi connectivity index (χ3v) is 7.39. The summed E-state index contributed by atoms with van der Waals surface area (Å²) >= 11 is 13.4. The fourth-order valence-corrected chi connectivity index (χ4v) is 5.66. The van der Waals surface area contributed by atoms with Gasteiger partial charge in [-0.1, -0.05) is 62.2 Å². The Balaban J connectivity index is 1.79. The zero-order valence-electron chi connectivity index (χ0n) is 17.1. The minimum atomic E-state index is -0.228. The molecule has 1 aliphatic carbocycles. The van der Waals surface area contributed by atoms with Gasteiger partial charge in [-0.3, -0.25) is 4.79 Å². The monoisotopic (exact) mass is 453 g/mol. The second-order valence-corrected chi connectivity index (χ2v) is 11.0. The summed E-state index contributed by atoms with van der Waals surface area (Å²) in [6.45, 7) is 8.95. The highest BCUT2D eigenvalue weighted by Gasteiger charge is 2.33. The average Bonchev–Trinajstić information content (AvgIpc) is 3.20. The first-order valence-electron chi connectivity index (χ1n) is 10.0. The van der Waals surface area contributed by atoms with Gasteiger partial charge in [0.25, 0.3) is 5.56 Å². The summed E-state index contributed by atoms with van der Waals surface area (Å²) in [7, 11) is 0. The van der Waals surface area contributed by atoms with E-state index in [0.717, 1.165) is 48.5 Å². The van der Waals surface area contributed by atoms with Gasteiger partial charge < -0.3 is 4.98 Å². The largest absolute Gasteiger partial charge is 0.302 e. The summed E-state index contributed by atoms with van der Waals surface area (Å²) in [4.78, 5) is 24.8. The Kier molecular flexibility index (Phi) is 5.51. The van der Waals surface area contributed by atoms with Crippen LogP contribution >= 0.6 is 34.5 Å². The molecular weight excluding hydrogens is 429 g/mol. The first kappa shape index (κ1) is 20.8. The third-order valence-electron chi connectivity index (χ3n) is 6.03. The first-order valence-corrected chi connectivity index (χ1v) is 11.6. The zero-order chi connectivity index (χ0) is 20.9. The van der Waals surface area contributed by atoms with Crippen molar-refractivity contribution >= 4 is 40.1 Å². The van der Waals surface area contributed by atoms with Gasteiger partial charge in [-0.05, 0) is 43.4 Å². The molecule has 0 aliphatic heterocycles. The van der Waals surface area contributed by atoms with Gasteiger partial charge in [-0.2, -0.15) is 0 Å². The lowest BCUT2D eigenvalue weighted by atomic mass is 9.70. The third kappa shape index (κ3) is 3.84. The topological polar surface area (TPSA) is 75.9 Å². The molecule has 29 heavy (non-hydrogen) atoms. The Morgan fingerprint density at radius 1 is 1.17 bits per heavy atom. The van der Waals surface area contributed by atoms with Crippen molar-refractivity contribution in [2.24, 2.45) is 11.3 Å². The highest BCUT2D eigenvalue weighted by atomic mass is 35.5. The van der Waals surface area contributed by atoms with Crippen molar-refractivity contribution in [1.82, 2.24) is 24.6 Å². The number of imidazole rings is 1. The molecule has 9 heteroatoms. The van der Waals surface area contributed by atoms with Gasteiger partial charge in [0.2, 0.25) is 0 Å². The van der Waals surface area contributed by atoms with Gasteiger partial charge in [0.05, 0.1) is 5.69 Å². The minimum Gasteiger partial charge on any atom is -0.302 e. The number of aromatic nitrogens is 5. The molecule has 0 aromatic carbocycles. The highest BCUT2D eigenvalue weighted by molar-refractivity contribution is 7.19. The number of nitrogens with zero attached hydrogens (tertiary/aromatic N) is 4. The van der Waals surface area contributed by atoms with Gasteiger partial charge in [0.15, 0.2) is 15.8 Å². The number of hydrogen-bond donors (Lipinski definition) is 1. The van der Waals surface area contributed by atoms with Crippen molar-refractivity contribution in [2.45, 2.75) is 65.7 Å². The van der Waals surface area contributed by atoms with E-state index in [1.807, 2.05) is 6.92 Å². The lowest BCUT2D eigenvalue weighted by Crippen LogP contribution is -2.26. The molecule has 3 aromatic heterocycles. The van der Waals surface area contributed by atoms with Crippen LogP contribution < -0.4 is 5.56 Å². The second kappa shape index (κ2) is 7.67. The first-order chi connectivity index (χ1) is 13.7. The van der Waals surface area contributed by atoms with Crippen LogP contribution in [0.3, 0.4) is 0 Å². The maximum Gasteiger partial charge on any atom is 0.277 e. The maximum absolute atomic E-state index is 12.9. The van der Waals surface area contributed by atoms with Crippen LogP contribution in [0.4, 0.5) is 0 Å². The molecule has 1 aliphatic rings. The van der Waals surface area contributed by atoms with Crippen molar-refractivity contribution in [2.75, 3.05) is 0 Å². The number of rotatable bonds is 3. The van der Waals surface area contributed by atoms with Crippen LogP contribution in [-0.4, -0.2) is 24.6 Å². The lowest BCUT2D eigenvalue weighted by Gasteiger charge is -2.36. The molecule has 3 aromatic rings. The molecule has 0 radical (unpaired) electrons. The van der Waals surface area contributed by atoms with E-state index in [1.165, 1.54) is 0 Å². The molecule has 156 valence electrons. The Hall–Kier alpha value is -1.44. The van der Waals surface area contributed by atoms with Gasteiger partial charge in [0.1, 0.15) is 15.9 Å². The Morgan fingerprint density at radius 2 is 1.86 bits per heavy atom. The number of nitrogens with one attached hydrogen (secondary N) is 1. The van der Waals surface area contributed by atoms with E-state index >= 15 is 0 Å². The van der Waals surface area contributed by atoms with Crippen LogP contribution in [0, 0.1) is 11.3 Å². The Morgan fingerprint density at radius 3 is 2.41 bits per heavy atom. The van der Waals surface area contributed by atoms with E-state index in [9.17, 15) is 4.79 Å². The fraction of sp³-hybridized carbons (Fsp3) is 0.600. The predicted octanol–water partition coefficient (Wildman–Crippen LogP) is 5.73. The second-order valence-electron chi connectivity index (χ2n) is 8.84. The van der Waals surface area contributed by atoms with Crippen molar-refractivity contribution in [3.8, 4) is 11.5 Å². The van der Waals surface area contributed by atoms with E-state index in [1.54, 1.807) is 4.52 Å². The molecule has 6 nitrogen and oxygen atoms in total. The number of aryl methyl sites for hydroxylation is 1. The van der Waals surface area contributed by atoms with Crippen LogP contribution in [0.15, 0.2) is 4.79 Å². The predicted molar refractivity (Wildman–Crippen MR) is 118 cm³/mol. The maximum atomic E-state index is 12.9. The number of aromatic amines is 1. The van der Waals surface area contributed by atoms with E-state index in [4.69, 9.17) is 33.3 Å². The number of halogens is 2. The SMILES string of the molecule is CCc1nc([C@H]2CC[C@@H](C(C)(C)C)CC2)n2nc(-c3nc(Cl)sc3Cl)[nH]c(=O)c12. The number of fused-ring (bicyclic) bond motifs is 1. The van der Waals surface area contributed by atoms with E-state index < -0.39 is 0 Å². The summed E-state index contributed by atoms with van der Waals surface area (Å²) in [5.41, 5.74) is 1.78. The molecular formula is C20H25Cl2N5OS. The Bertz CT molecular complexity index is 1100. The molecule has 0 atom stereocenters. The summed E-state index contributed by atoms with van der Waals surface area (Å²) in [5, 5.41) is 4.69. The lowest BCUT2D eigenvalue weighted by molar-refractivity contribution is 0.167. The average molecular weight is 454 g/mol. The molecule has 0 bridgehead atoms. The molecule has 0 unspecified atom stereocenters. The molecule has 1 N–H and O–H groups in total. The summed E-state index contributed by atoms with van der Waals surface area (Å²) in [6, 6.07) is 0. The minimum absolute atomic E-state index is 0.228. The van der Waals surface area contributed by atoms with Crippen LogP contribution in [0.2, 0.25) is 8.80 Å². The van der Waals surface area contributed by atoms with Crippen LogP contribution in [-0.2, 0) is 6.42 Å². The van der Waals surface area contributed by atoms with Crippen LogP contribution in [0.25, 0.3) is 17.0 Å². The quantitative estimate of drug-likeness (QED) is 0.548. The smallest absolute Gasteiger partial charge is 0.277 e. The molecule has 0 spiro atoms. The van der Waals surface area contributed by atoms with Crippen molar-refractivity contribution < 1.29 is 0 Å². The van der Waals surface area contributed by atoms with Crippen molar-refractivity contribution in [3.05, 3.63) is 30.7 Å². The van der Waals surface area contributed by atoms with Crippen molar-refractivity contribution in [3.63, 3.8) is 0 Å². The van der Waals surface area contributed by atoms with Gasteiger partial charge >= 0.3 is 0 Å². The summed E-state index contributed by atoms with van der Waals surface area (Å²) in [6.07, 6.45) is 5.10. The molecule has 1 saturated carbocycles. The normalized spacial score (nSPS) is 20.5. The van der Waals surface area contributed by atoms with Crippen LogP contribution in [0.5, 0.6) is 0 Å². The van der Waals surface area contributed by atoms with Crippen molar-refractivity contribution in [1.29, 1.82) is 0 Å². The molecule has 0 saturated heterocycles. The van der Waals surface area contributed by atoms with Gasteiger partial charge in [-0.15, -0.1) is 5.10 Å².